The molecule has 1 saturated heterocycles. The molecule has 0 bridgehead atoms. The fraction of sp³-hybridized carbons (Fsp3) is 0.333. The molecule has 1 aliphatic rings. The van der Waals surface area contributed by atoms with Crippen LogP contribution >= 0.6 is 0 Å². The monoisotopic (exact) mass is 319 g/mol. The van der Waals surface area contributed by atoms with Gasteiger partial charge in [0.2, 0.25) is 0 Å². The third-order valence-corrected chi connectivity index (χ3v) is 5.66. The van der Waals surface area contributed by atoms with Crippen molar-refractivity contribution in [2.45, 2.75) is 12.5 Å². The van der Waals surface area contributed by atoms with Gasteiger partial charge in [-0.05, 0) is 24.6 Å². The van der Waals surface area contributed by atoms with Crippen LogP contribution in [0.1, 0.15) is 16.9 Å². The number of hydrogen-bond acceptors (Lipinski definition) is 4. The lowest BCUT2D eigenvalue weighted by molar-refractivity contribution is 0.0741. The van der Waals surface area contributed by atoms with Gasteiger partial charge < -0.3 is 4.90 Å². The van der Waals surface area contributed by atoms with Gasteiger partial charge >= 0.3 is 0 Å². The number of benzene rings is 1. The van der Waals surface area contributed by atoms with E-state index in [2.05, 4.69) is 5.10 Å². The fourth-order valence-electron chi connectivity index (χ4n) is 2.59. The molecular weight excluding hydrogens is 302 g/mol. The van der Waals surface area contributed by atoms with E-state index in [0.717, 1.165) is 5.69 Å². The summed E-state index contributed by atoms with van der Waals surface area (Å²) in [6, 6.07) is 10.9. The van der Waals surface area contributed by atoms with Crippen molar-refractivity contribution in [3.63, 3.8) is 0 Å². The minimum atomic E-state index is -3.01. The molecule has 116 valence electrons. The zero-order valence-electron chi connectivity index (χ0n) is 12.2. The highest BCUT2D eigenvalue weighted by atomic mass is 32.2. The molecule has 1 atom stereocenters. The maximum atomic E-state index is 12.4. The quantitative estimate of drug-likeness (QED) is 0.850. The van der Waals surface area contributed by atoms with Crippen molar-refractivity contribution < 1.29 is 13.2 Å². The first kappa shape index (κ1) is 14.8. The van der Waals surface area contributed by atoms with Gasteiger partial charge in [-0.3, -0.25) is 4.79 Å². The first-order valence-corrected chi connectivity index (χ1v) is 8.87. The summed E-state index contributed by atoms with van der Waals surface area (Å²) >= 11 is 0. The SMILES string of the molecule is CN(C(=O)c1ccn(-c2ccccc2)n1)[C@H]1CCS(=O)(=O)C1. The van der Waals surface area contributed by atoms with Crippen molar-refractivity contribution in [3.05, 3.63) is 48.3 Å². The fourth-order valence-corrected chi connectivity index (χ4v) is 4.36. The van der Waals surface area contributed by atoms with Gasteiger partial charge in [0.05, 0.1) is 17.2 Å². The Hall–Kier alpha value is -2.15. The van der Waals surface area contributed by atoms with Crippen LogP contribution in [0.5, 0.6) is 0 Å². The van der Waals surface area contributed by atoms with E-state index in [0.29, 0.717) is 12.1 Å². The molecule has 0 N–H and O–H groups in total. The minimum absolute atomic E-state index is 0.0363. The summed E-state index contributed by atoms with van der Waals surface area (Å²) in [6.45, 7) is 0. The zero-order chi connectivity index (χ0) is 15.7. The Morgan fingerprint density at radius 3 is 2.64 bits per heavy atom. The van der Waals surface area contributed by atoms with Gasteiger partial charge in [0.15, 0.2) is 15.5 Å². The average molecular weight is 319 g/mol. The van der Waals surface area contributed by atoms with Crippen LogP contribution in [0.2, 0.25) is 0 Å². The second-order valence-corrected chi connectivity index (χ2v) is 7.68. The van der Waals surface area contributed by atoms with Gasteiger partial charge in [-0.1, -0.05) is 18.2 Å². The predicted molar refractivity (Wildman–Crippen MR) is 82.7 cm³/mol. The van der Waals surface area contributed by atoms with Crippen molar-refractivity contribution >= 4 is 15.7 Å². The highest BCUT2D eigenvalue weighted by molar-refractivity contribution is 7.91. The molecule has 0 radical (unpaired) electrons. The lowest BCUT2D eigenvalue weighted by atomic mass is 10.2. The Kier molecular flexibility index (Phi) is 3.74. The number of para-hydroxylation sites is 1. The Morgan fingerprint density at radius 2 is 2.00 bits per heavy atom. The molecule has 2 aromatic rings. The van der Waals surface area contributed by atoms with Gasteiger partial charge in [0.1, 0.15) is 0 Å². The van der Waals surface area contributed by atoms with Crippen molar-refractivity contribution in [3.8, 4) is 5.69 Å². The summed E-state index contributed by atoms with van der Waals surface area (Å²) in [4.78, 5) is 13.9. The largest absolute Gasteiger partial charge is 0.336 e. The molecule has 2 heterocycles. The molecule has 7 heteroatoms. The van der Waals surface area contributed by atoms with E-state index in [1.165, 1.54) is 4.90 Å². The van der Waals surface area contributed by atoms with E-state index in [9.17, 15) is 13.2 Å². The van der Waals surface area contributed by atoms with Crippen LogP contribution in [-0.2, 0) is 9.84 Å². The Balaban J connectivity index is 1.77. The third-order valence-electron chi connectivity index (χ3n) is 3.91. The molecule has 22 heavy (non-hydrogen) atoms. The van der Waals surface area contributed by atoms with Gasteiger partial charge in [-0.15, -0.1) is 0 Å². The molecule has 1 fully saturated rings. The number of nitrogens with zero attached hydrogens (tertiary/aromatic N) is 3. The maximum absolute atomic E-state index is 12.4. The van der Waals surface area contributed by atoms with Gasteiger partial charge in [0.25, 0.3) is 5.91 Å². The van der Waals surface area contributed by atoms with E-state index in [1.54, 1.807) is 24.0 Å². The molecule has 1 aliphatic heterocycles. The number of hydrogen-bond donors (Lipinski definition) is 0. The number of aromatic nitrogens is 2. The number of carbonyl (C=O) groups is 1. The highest BCUT2D eigenvalue weighted by Gasteiger charge is 2.33. The Bertz CT molecular complexity index is 783. The number of amides is 1. The van der Waals surface area contributed by atoms with Crippen LogP contribution in [0.15, 0.2) is 42.6 Å². The number of rotatable bonds is 3. The summed E-state index contributed by atoms with van der Waals surface area (Å²) in [5.74, 6) is -0.0701. The predicted octanol–water partition coefficient (Wildman–Crippen LogP) is 1.13. The summed E-state index contributed by atoms with van der Waals surface area (Å²) < 4.78 is 24.7. The molecule has 0 saturated carbocycles. The van der Waals surface area contributed by atoms with E-state index < -0.39 is 9.84 Å². The lowest BCUT2D eigenvalue weighted by Crippen LogP contribution is -2.38. The van der Waals surface area contributed by atoms with Crippen LogP contribution in [0, 0.1) is 0 Å². The van der Waals surface area contributed by atoms with Gasteiger partial charge in [0, 0.05) is 19.3 Å². The molecule has 6 nitrogen and oxygen atoms in total. The van der Waals surface area contributed by atoms with Crippen LogP contribution in [0.25, 0.3) is 5.69 Å². The van der Waals surface area contributed by atoms with Crippen LogP contribution in [0.3, 0.4) is 0 Å². The van der Waals surface area contributed by atoms with Crippen molar-refractivity contribution in [1.82, 2.24) is 14.7 Å². The summed E-state index contributed by atoms with van der Waals surface area (Å²) in [6.07, 6.45) is 2.21. The van der Waals surface area contributed by atoms with Crippen LogP contribution < -0.4 is 0 Å². The smallest absolute Gasteiger partial charge is 0.274 e. The van der Waals surface area contributed by atoms with Gasteiger partial charge in [-0.25, -0.2) is 13.1 Å². The van der Waals surface area contributed by atoms with E-state index >= 15 is 0 Å². The van der Waals surface area contributed by atoms with E-state index in [-0.39, 0.29) is 23.5 Å². The lowest BCUT2D eigenvalue weighted by Gasteiger charge is -2.22. The van der Waals surface area contributed by atoms with Crippen molar-refractivity contribution in [1.29, 1.82) is 0 Å². The Labute approximate surface area is 129 Å². The van der Waals surface area contributed by atoms with Crippen molar-refractivity contribution in [2.75, 3.05) is 18.6 Å². The number of carbonyl (C=O) groups excluding carboxylic acids is 1. The minimum Gasteiger partial charge on any atom is -0.336 e. The molecular formula is C15H17N3O3S. The molecule has 1 aromatic heterocycles. The second kappa shape index (κ2) is 5.57. The summed E-state index contributed by atoms with van der Waals surface area (Å²) in [7, 11) is -1.38. The topological polar surface area (TPSA) is 72.3 Å². The summed E-state index contributed by atoms with van der Waals surface area (Å²) in [5, 5.41) is 4.29. The second-order valence-electron chi connectivity index (χ2n) is 5.45. The molecule has 0 spiro atoms. The first-order valence-electron chi connectivity index (χ1n) is 7.05. The number of sulfone groups is 1. The zero-order valence-corrected chi connectivity index (χ0v) is 13.0. The van der Waals surface area contributed by atoms with Crippen molar-refractivity contribution in [2.24, 2.45) is 0 Å². The van der Waals surface area contributed by atoms with Crippen LogP contribution in [-0.4, -0.2) is 53.6 Å². The molecule has 1 aromatic carbocycles. The normalized spacial score (nSPS) is 20.0. The molecule has 3 rings (SSSR count). The molecule has 0 unspecified atom stereocenters. The summed E-state index contributed by atoms with van der Waals surface area (Å²) in [5.41, 5.74) is 1.18. The average Bonchev–Trinajstić information content (AvgIpc) is 3.13. The highest BCUT2D eigenvalue weighted by Crippen LogP contribution is 2.18. The first-order chi connectivity index (χ1) is 10.5. The maximum Gasteiger partial charge on any atom is 0.274 e. The van der Waals surface area contributed by atoms with E-state index in [1.807, 2.05) is 30.3 Å². The molecule has 1 amide bonds. The third kappa shape index (κ3) is 2.89. The standard InChI is InChI=1S/C15H17N3O3S/c1-17(13-8-10-22(20,21)11-13)15(19)14-7-9-18(16-14)12-5-3-2-4-6-12/h2-7,9,13H,8,10-11H2,1H3/t13-/m0/s1. The Morgan fingerprint density at radius 1 is 1.27 bits per heavy atom. The van der Waals surface area contributed by atoms with Crippen LogP contribution in [0.4, 0.5) is 0 Å². The van der Waals surface area contributed by atoms with Gasteiger partial charge in [-0.2, -0.15) is 5.10 Å². The molecule has 0 aliphatic carbocycles. The van der Waals surface area contributed by atoms with E-state index in [4.69, 9.17) is 0 Å².